The molecule has 5 heteroatoms. The predicted molar refractivity (Wildman–Crippen MR) is 104 cm³/mol. The Balaban J connectivity index is 2.00. The fourth-order valence-electron chi connectivity index (χ4n) is 3.07. The maximum atomic E-state index is 12.1. The van der Waals surface area contributed by atoms with Crippen molar-refractivity contribution in [2.24, 2.45) is 0 Å². The molecule has 0 fully saturated rings. The monoisotopic (exact) mass is 362 g/mol. The van der Waals surface area contributed by atoms with Crippen LogP contribution in [0.4, 0.5) is 0 Å². The Morgan fingerprint density at radius 1 is 0.885 bits per heavy atom. The maximum absolute atomic E-state index is 12.1. The number of hydrogen-bond acceptors (Lipinski definition) is 5. The lowest BCUT2D eigenvalue weighted by atomic mass is 10.1. The maximum Gasteiger partial charge on any atom is 0.383 e. The molecule has 0 unspecified atom stereocenters. The van der Waals surface area contributed by atoms with E-state index in [9.17, 15) is 4.79 Å². The summed E-state index contributed by atoms with van der Waals surface area (Å²) in [7, 11) is 3.02. The topological polar surface area (TPSA) is 57.9 Å². The van der Waals surface area contributed by atoms with Crippen molar-refractivity contribution >= 4 is 11.0 Å². The normalized spacial score (nSPS) is 10.9. The van der Waals surface area contributed by atoms with Gasteiger partial charge in [0, 0.05) is 0 Å². The van der Waals surface area contributed by atoms with Gasteiger partial charge in [-0.1, -0.05) is 57.9 Å². The van der Waals surface area contributed by atoms with Crippen LogP contribution < -0.4 is 19.8 Å². The molecule has 0 bridgehead atoms. The summed E-state index contributed by atoms with van der Waals surface area (Å²) in [6.45, 7) is 2.76. The van der Waals surface area contributed by atoms with E-state index in [0.717, 1.165) is 12.8 Å². The van der Waals surface area contributed by atoms with Gasteiger partial charge in [0.2, 0.25) is 5.75 Å². The largest absolute Gasteiger partial charge is 0.496 e. The summed E-state index contributed by atoms with van der Waals surface area (Å²) in [6.07, 6.45) is 9.78. The minimum Gasteiger partial charge on any atom is -0.496 e. The first-order chi connectivity index (χ1) is 12.7. The smallest absolute Gasteiger partial charge is 0.383 e. The second-order valence-corrected chi connectivity index (χ2v) is 6.41. The average Bonchev–Trinajstić information content (AvgIpc) is 2.65. The van der Waals surface area contributed by atoms with E-state index in [1.165, 1.54) is 45.6 Å². The highest BCUT2D eigenvalue weighted by molar-refractivity contribution is 5.91. The van der Waals surface area contributed by atoms with Crippen LogP contribution in [0.5, 0.6) is 17.2 Å². The van der Waals surface area contributed by atoms with E-state index in [1.807, 2.05) is 6.07 Å². The molecule has 2 aromatic rings. The van der Waals surface area contributed by atoms with Gasteiger partial charge in [-0.05, 0) is 18.6 Å². The first kappa shape index (κ1) is 20.1. The molecule has 1 aromatic carbocycles. The SMILES string of the molecule is CCCCCCCCCCOc1c(OC)c(=O)oc2cccc(OC)c12. The standard InChI is InChI=1S/C21H30O5/c1-4-5-6-7-8-9-10-11-15-25-19-18-16(23-2)13-12-14-17(18)26-21(22)20(19)24-3/h12-14H,4-11,15H2,1-3H3. The van der Waals surface area contributed by atoms with Crippen molar-refractivity contribution in [1.82, 2.24) is 0 Å². The predicted octanol–water partition coefficient (Wildman–Crippen LogP) is 5.33. The third-order valence-electron chi connectivity index (χ3n) is 4.48. The Bertz CT molecular complexity index is 735. The quantitative estimate of drug-likeness (QED) is 0.377. The van der Waals surface area contributed by atoms with Crippen LogP contribution in [0.1, 0.15) is 58.3 Å². The number of methoxy groups -OCH3 is 2. The summed E-state index contributed by atoms with van der Waals surface area (Å²) >= 11 is 0. The third kappa shape index (κ3) is 5.16. The van der Waals surface area contributed by atoms with E-state index < -0.39 is 5.63 Å². The summed E-state index contributed by atoms with van der Waals surface area (Å²) in [5.74, 6) is 1.08. The van der Waals surface area contributed by atoms with Gasteiger partial charge in [-0.3, -0.25) is 0 Å². The minimum atomic E-state index is -0.542. The number of ether oxygens (including phenoxy) is 3. The van der Waals surface area contributed by atoms with Gasteiger partial charge in [0.1, 0.15) is 16.7 Å². The van der Waals surface area contributed by atoms with Crippen molar-refractivity contribution in [2.75, 3.05) is 20.8 Å². The zero-order valence-corrected chi connectivity index (χ0v) is 16.1. The summed E-state index contributed by atoms with van der Waals surface area (Å²) < 4.78 is 21.9. The van der Waals surface area contributed by atoms with Gasteiger partial charge in [0.25, 0.3) is 0 Å². The van der Waals surface area contributed by atoms with Crippen molar-refractivity contribution in [3.63, 3.8) is 0 Å². The number of hydrogen-bond donors (Lipinski definition) is 0. The van der Waals surface area contributed by atoms with E-state index >= 15 is 0 Å². The zero-order valence-electron chi connectivity index (χ0n) is 16.1. The summed E-state index contributed by atoms with van der Waals surface area (Å²) in [5.41, 5.74) is -0.111. The van der Waals surface area contributed by atoms with Crippen molar-refractivity contribution in [2.45, 2.75) is 58.3 Å². The van der Waals surface area contributed by atoms with Gasteiger partial charge in [-0.2, -0.15) is 0 Å². The lowest BCUT2D eigenvalue weighted by Crippen LogP contribution is -2.09. The van der Waals surface area contributed by atoms with Gasteiger partial charge in [-0.25, -0.2) is 4.79 Å². The highest BCUT2D eigenvalue weighted by atomic mass is 16.5. The Morgan fingerprint density at radius 2 is 1.58 bits per heavy atom. The van der Waals surface area contributed by atoms with Gasteiger partial charge in [0.15, 0.2) is 5.75 Å². The van der Waals surface area contributed by atoms with Gasteiger partial charge < -0.3 is 18.6 Å². The minimum absolute atomic E-state index is 0.0848. The molecule has 0 spiro atoms. The van der Waals surface area contributed by atoms with Crippen LogP contribution in [0.3, 0.4) is 0 Å². The van der Waals surface area contributed by atoms with E-state index in [-0.39, 0.29) is 5.75 Å². The van der Waals surface area contributed by atoms with E-state index in [2.05, 4.69) is 6.92 Å². The lowest BCUT2D eigenvalue weighted by molar-refractivity contribution is 0.279. The van der Waals surface area contributed by atoms with E-state index in [4.69, 9.17) is 18.6 Å². The van der Waals surface area contributed by atoms with Crippen LogP contribution in [0.2, 0.25) is 0 Å². The van der Waals surface area contributed by atoms with Crippen LogP contribution >= 0.6 is 0 Å². The highest BCUT2D eigenvalue weighted by Crippen LogP contribution is 2.38. The first-order valence-corrected chi connectivity index (χ1v) is 9.53. The number of unbranched alkanes of at least 4 members (excludes halogenated alkanes) is 7. The summed E-state index contributed by atoms with van der Waals surface area (Å²) in [5, 5.41) is 0.631. The molecule has 5 nitrogen and oxygen atoms in total. The Labute approximate surface area is 155 Å². The molecule has 2 rings (SSSR count). The average molecular weight is 362 g/mol. The molecule has 1 heterocycles. The number of benzene rings is 1. The molecule has 1 aromatic heterocycles. The van der Waals surface area contributed by atoms with Crippen LogP contribution in [0.15, 0.2) is 27.4 Å². The molecular formula is C21H30O5. The van der Waals surface area contributed by atoms with Crippen molar-refractivity contribution in [1.29, 1.82) is 0 Å². The van der Waals surface area contributed by atoms with Crippen LogP contribution in [0, 0.1) is 0 Å². The summed E-state index contributed by atoms with van der Waals surface area (Å²) in [4.78, 5) is 12.1. The summed E-state index contributed by atoms with van der Waals surface area (Å²) in [6, 6.07) is 5.31. The van der Waals surface area contributed by atoms with Crippen molar-refractivity contribution < 1.29 is 18.6 Å². The molecule has 0 saturated carbocycles. The molecule has 0 aliphatic heterocycles. The van der Waals surface area contributed by atoms with Crippen LogP contribution in [-0.4, -0.2) is 20.8 Å². The molecule has 0 radical (unpaired) electrons. The molecule has 144 valence electrons. The van der Waals surface area contributed by atoms with Crippen molar-refractivity contribution in [3.8, 4) is 17.2 Å². The number of rotatable bonds is 12. The molecule has 0 N–H and O–H groups in total. The fraction of sp³-hybridized carbons (Fsp3) is 0.571. The molecule has 26 heavy (non-hydrogen) atoms. The number of fused-ring (bicyclic) bond motifs is 1. The van der Waals surface area contributed by atoms with E-state index in [0.29, 0.717) is 29.1 Å². The highest BCUT2D eigenvalue weighted by Gasteiger charge is 2.20. The molecular weight excluding hydrogens is 332 g/mol. The lowest BCUT2D eigenvalue weighted by Gasteiger charge is -2.14. The molecule has 0 saturated heterocycles. The van der Waals surface area contributed by atoms with E-state index in [1.54, 1.807) is 19.2 Å². The zero-order chi connectivity index (χ0) is 18.8. The van der Waals surface area contributed by atoms with Gasteiger partial charge >= 0.3 is 5.63 Å². The second-order valence-electron chi connectivity index (χ2n) is 6.41. The van der Waals surface area contributed by atoms with Crippen LogP contribution in [-0.2, 0) is 0 Å². The first-order valence-electron chi connectivity index (χ1n) is 9.53. The van der Waals surface area contributed by atoms with Gasteiger partial charge in [-0.15, -0.1) is 0 Å². The molecule has 0 aliphatic carbocycles. The Morgan fingerprint density at radius 3 is 2.23 bits per heavy atom. The van der Waals surface area contributed by atoms with Crippen LogP contribution in [0.25, 0.3) is 11.0 Å². The molecule has 0 amide bonds. The van der Waals surface area contributed by atoms with Gasteiger partial charge in [0.05, 0.1) is 20.8 Å². The van der Waals surface area contributed by atoms with Crippen molar-refractivity contribution in [3.05, 3.63) is 28.6 Å². The third-order valence-corrected chi connectivity index (χ3v) is 4.48. The fourth-order valence-corrected chi connectivity index (χ4v) is 3.07. The molecule has 0 atom stereocenters. The Kier molecular flexibility index (Phi) is 8.32. The second kappa shape index (κ2) is 10.7. The Hall–Kier alpha value is -2.17. The molecule has 0 aliphatic rings.